The van der Waals surface area contributed by atoms with E-state index in [0.717, 1.165) is 17.7 Å². The average molecular weight is 377 g/mol. The van der Waals surface area contributed by atoms with Crippen molar-refractivity contribution in [1.82, 2.24) is 10.2 Å². The van der Waals surface area contributed by atoms with Crippen LogP contribution in [0.2, 0.25) is 0 Å². The fraction of sp³-hybridized carbons (Fsp3) is 0.227. The lowest BCUT2D eigenvalue weighted by Crippen LogP contribution is -2.30. The highest BCUT2D eigenvalue weighted by Gasteiger charge is 2.15. The Morgan fingerprint density at radius 2 is 1.71 bits per heavy atom. The van der Waals surface area contributed by atoms with Crippen LogP contribution >= 0.6 is 0 Å². The Balaban J connectivity index is 1.59. The fourth-order valence-electron chi connectivity index (χ4n) is 2.61. The molecule has 1 unspecified atom stereocenters. The van der Waals surface area contributed by atoms with Gasteiger partial charge in [-0.25, -0.2) is 0 Å². The lowest BCUT2D eigenvalue weighted by molar-refractivity contribution is -0.122. The third-order valence-corrected chi connectivity index (χ3v) is 4.31. The van der Waals surface area contributed by atoms with Gasteiger partial charge in [-0.1, -0.05) is 31.2 Å². The van der Waals surface area contributed by atoms with Gasteiger partial charge >= 0.3 is 0 Å². The van der Waals surface area contributed by atoms with Crippen LogP contribution in [0.5, 0.6) is 11.6 Å². The molecule has 1 aromatic heterocycles. The molecule has 1 amide bonds. The Labute approximate surface area is 164 Å². The van der Waals surface area contributed by atoms with Crippen LogP contribution in [-0.2, 0) is 11.2 Å². The predicted octanol–water partition coefficient (Wildman–Crippen LogP) is 4.12. The normalized spacial score (nSPS) is 11.5. The van der Waals surface area contributed by atoms with Crippen LogP contribution in [0.25, 0.3) is 11.3 Å². The molecule has 0 aliphatic carbocycles. The number of ether oxygens (including phenoxy) is 2. The largest absolute Gasteiger partial charge is 0.481 e. The molecule has 2 aromatic carbocycles. The van der Waals surface area contributed by atoms with Gasteiger partial charge in [-0.3, -0.25) is 4.79 Å². The number of methoxy groups -OCH3 is 1. The molecule has 1 heterocycles. The molecular weight excluding hydrogens is 354 g/mol. The first kappa shape index (κ1) is 19.4. The van der Waals surface area contributed by atoms with E-state index in [2.05, 4.69) is 22.4 Å². The second-order valence-corrected chi connectivity index (χ2v) is 6.29. The molecule has 6 heteroatoms. The van der Waals surface area contributed by atoms with E-state index >= 15 is 0 Å². The molecule has 3 rings (SSSR count). The minimum atomic E-state index is -0.611. The molecule has 0 aliphatic rings. The number of nitrogens with one attached hydrogen (secondary N) is 1. The molecule has 1 N–H and O–H groups in total. The number of amides is 1. The first-order valence-corrected chi connectivity index (χ1v) is 9.13. The number of nitrogens with zero attached hydrogens (tertiary/aromatic N) is 2. The molecule has 6 nitrogen and oxygen atoms in total. The molecule has 0 bridgehead atoms. The third kappa shape index (κ3) is 4.85. The minimum absolute atomic E-state index is 0.212. The molecule has 0 aliphatic heterocycles. The van der Waals surface area contributed by atoms with Crippen molar-refractivity contribution in [2.45, 2.75) is 26.4 Å². The van der Waals surface area contributed by atoms with Gasteiger partial charge in [-0.15, -0.1) is 10.2 Å². The molecule has 3 aromatic rings. The molecule has 0 fully saturated rings. The lowest BCUT2D eigenvalue weighted by atomic mass is 10.1. The van der Waals surface area contributed by atoms with E-state index in [1.807, 2.05) is 54.6 Å². The van der Waals surface area contributed by atoms with Crippen LogP contribution in [0, 0.1) is 0 Å². The second-order valence-electron chi connectivity index (χ2n) is 6.29. The van der Waals surface area contributed by atoms with Gasteiger partial charge < -0.3 is 14.8 Å². The van der Waals surface area contributed by atoms with Gasteiger partial charge in [0, 0.05) is 17.3 Å². The molecule has 0 saturated heterocycles. The second kappa shape index (κ2) is 8.99. The van der Waals surface area contributed by atoms with Crippen molar-refractivity contribution in [3.05, 3.63) is 66.2 Å². The van der Waals surface area contributed by atoms with Crippen LogP contribution in [0.3, 0.4) is 0 Å². The van der Waals surface area contributed by atoms with Crippen molar-refractivity contribution < 1.29 is 14.3 Å². The number of aryl methyl sites for hydroxylation is 1. The fourth-order valence-corrected chi connectivity index (χ4v) is 2.61. The molecule has 1 atom stereocenters. The number of benzene rings is 2. The first-order valence-electron chi connectivity index (χ1n) is 9.13. The van der Waals surface area contributed by atoms with Crippen molar-refractivity contribution >= 4 is 11.6 Å². The van der Waals surface area contributed by atoms with E-state index < -0.39 is 6.10 Å². The van der Waals surface area contributed by atoms with Crippen LogP contribution in [-0.4, -0.2) is 29.3 Å². The summed E-state index contributed by atoms with van der Waals surface area (Å²) in [7, 11) is 1.55. The highest BCUT2D eigenvalue weighted by molar-refractivity contribution is 5.94. The van der Waals surface area contributed by atoms with Crippen molar-refractivity contribution in [2.24, 2.45) is 0 Å². The maximum atomic E-state index is 12.4. The van der Waals surface area contributed by atoms with Crippen molar-refractivity contribution in [3.8, 4) is 22.9 Å². The summed E-state index contributed by atoms with van der Waals surface area (Å²) in [6, 6.07) is 18.7. The lowest BCUT2D eigenvalue weighted by Gasteiger charge is -2.15. The van der Waals surface area contributed by atoms with Gasteiger partial charge in [0.1, 0.15) is 5.75 Å². The maximum absolute atomic E-state index is 12.4. The molecule has 0 radical (unpaired) electrons. The highest BCUT2D eigenvalue weighted by atomic mass is 16.5. The zero-order chi connectivity index (χ0) is 19.9. The van der Waals surface area contributed by atoms with Gasteiger partial charge in [0.05, 0.1) is 12.8 Å². The van der Waals surface area contributed by atoms with Gasteiger partial charge in [0.25, 0.3) is 5.91 Å². The third-order valence-electron chi connectivity index (χ3n) is 4.31. The molecule has 28 heavy (non-hydrogen) atoms. The number of hydrogen-bond donors (Lipinski definition) is 1. The first-order chi connectivity index (χ1) is 13.6. The topological polar surface area (TPSA) is 73.3 Å². The van der Waals surface area contributed by atoms with Gasteiger partial charge in [0.2, 0.25) is 5.88 Å². The summed E-state index contributed by atoms with van der Waals surface area (Å²) in [5.41, 5.74) is 3.54. The van der Waals surface area contributed by atoms with Gasteiger partial charge in [-0.2, -0.15) is 0 Å². The van der Waals surface area contributed by atoms with E-state index in [-0.39, 0.29) is 5.91 Å². The van der Waals surface area contributed by atoms with E-state index in [4.69, 9.17) is 9.47 Å². The van der Waals surface area contributed by atoms with Crippen molar-refractivity contribution in [1.29, 1.82) is 0 Å². The summed E-state index contributed by atoms with van der Waals surface area (Å²) < 4.78 is 10.7. The van der Waals surface area contributed by atoms with Crippen LogP contribution in [0.1, 0.15) is 19.4 Å². The van der Waals surface area contributed by atoms with E-state index in [1.54, 1.807) is 20.1 Å². The molecule has 144 valence electrons. The summed E-state index contributed by atoms with van der Waals surface area (Å²) in [6.07, 6.45) is 0.355. The Kier molecular flexibility index (Phi) is 6.22. The Bertz CT molecular complexity index is 907. The highest BCUT2D eigenvalue weighted by Crippen LogP contribution is 2.21. The molecule has 0 saturated carbocycles. The summed E-state index contributed by atoms with van der Waals surface area (Å²) in [5.74, 6) is 0.927. The standard InChI is InChI=1S/C22H23N3O3/c1-4-16-5-11-19(12-6-16)28-15(2)22(26)23-18-9-7-17(8-10-18)20-13-14-21(27-3)25-24-20/h5-15H,4H2,1-3H3,(H,23,26). The van der Waals surface area contributed by atoms with Crippen LogP contribution in [0.15, 0.2) is 60.7 Å². The summed E-state index contributed by atoms with van der Waals surface area (Å²) in [6.45, 7) is 3.82. The van der Waals surface area contributed by atoms with Gasteiger partial charge in [0.15, 0.2) is 6.10 Å². The summed E-state index contributed by atoms with van der Waals surface area (Å²) in [5, 5.41) is 10.9. The van der Waals surface area contributed by atoms with Crippen molar-refractivity contribution in [2.75, 3.05) is 12.4 Å². The number of carbonyl (C=O) groups is 1. The summed E-state index contributed by atoms with van der Waals surface area (Å²) in [4.78, 5) is 12.4. The zero-order valence-electron chi connectivity index (χ0n) is 16.2. The Morgan fingerprint density at radius 1 is 1.00 bits per heavy atom. The molecule has 0 spiro atoms. The molecular formula is C22H23N3O3. The van der Waals surface area contributed by atoms with Crippen LogP contribution < -0.4 is 14.8 Å². The number of carbonyl (C=O) groups excluding carboxylic acids is 1. The SMILES string of the molecule is CCc1ccc(OC(C)C(=O)Nc2ccc(-c3ccc(OC)nn3)cc2)cc1. The monoisotopic (exact) mass is 377 g/mol. The van der Waals surface area contributed by atoms with E-state index in [1.165, 1.54) is 5.56 Å². The minimum Gasteiger partial charge on any atom is -0.481 e. The van der Waals surface area contributed by atoms with Gasteiger partial charge in [-0.05, 0) is 49.2 Å². The van der Waals surface area contributed by atoms with E-state index in [0.29, 0.717) is 17.3 Å². The average Bonchev–Trinajstić information content (AvgIpc) is 2.75. The smallest absolute Gasteiger partial charge is 0.265 e. The maximum Gasteiger partial charge on any atom is 0.265 e. The van der Waals surface area contributed by atoms with Crippen LogP contribution in [0.4, 0.5) is 5.69 Å². The number of anilines is 1. The number of hydrogen-bond acceptors (Lipinski definition) is 5. The zero-order valence-corrected chi connectivity index (χ0v) is 16.2. The number of aromatic nitrogens is 2. The quantitative estimate of drug-likeness (QED) is 0.670. The van der Waals surface area contributed by atoms with Crippen molar-refractivity contribution in [3.63, 3.8) is 0 Å². The summed E-state index contributed by atoms with van der Waals surface area (Å²) >= 11 is 0. The Hall–Kier alpha value is -3.41. The Morgan fingerprint density at radius 3 is 2.29 bits per heavy atom. The number of rotatable bonds is 7. The predicted molar refractivity (Wildman–Crippen MR) is 109 cm³/mol. The van der Waals surface area contributed by atoms with E-state index in [9.17, 15) is 4.79 Å².